The van der Waals surface area contributed by atoms with Crippen LogP contribution in [0.5, 0.6) is 5.75 Å². The van der Waals surface area contributed by atoms with E-state index in [4.69, 9.17) is 0 Å². The molecule has 2 fully saturated rings. The fourth-order valence-corrected chi connectivity index (χ4v) is 6.60. The molecule has 0 amide bonds. The highest BCUT2D eigenvalue weighted by atomic mass is 16.3. The van der Waals surface area contributed by atoms with E-state index in [2.05, 4.69) is 24.1 Å². The Balaban J connectivity index is 1.44. The largest absolute Gasteiger partial charge is 0.508 e. The molecule has 5 rings (SSSR count). The maximum atomic E-state index is 11.7. The molecule has 1 aromatic heterocycles. The summed E-state index contributed by atoms with van der Waals surface area (Å²) in [5, 5.41) is 21.5. The topological polar surface area (TPSA) is 53.4 Å². The van der Waals surface area contributed by atoms with Crippen LogP contribution < -0.4 is 0 Å². The fourth-order valence-electron chi connectivity index (χ4n) is 6.60. The van der Waals surface area contributed by atoms with Gasteiger partial charge in [0.2, 0.25) is 0 Å². The number of aromatic hydroxyl groups is 1. The number of pyridine rings is 1. The maximum absolute atomic E-state index is 11.7. The number of aryl methyl sites for hydroxylation is 1. The Kier molecular flexibility index (Phi) is 4.13. The lowest BCUT2D eigenvalue weighted by Gasteiger charge is -2.52. The second-order valence-electron chi connectivity index (χ2n) is 9.34. The zero-order valence-corrected chi connectivity index (χ0v) is 16.5. The van der Waals surface area contributed by atoms with Gasteiger partial charge in [-0.1, -0.05) is 31.2 Å². The van der Waals surface area contributed by atoms with Gasteiger partial charge >= 0.3 is 0 Å². The van der Waals surface area contributed by atoms with Crippen LogP contribution in [-0.4, -0.2) is 20.8 Å². The number of fused-ring (bicyclic) bond motifs is 5. The summed E-state index contributed by atoms with van der Waals surface area (Å²) in [5.74, 6) is 2.15. The van der Waals surface area contributed by atoms with Crippen molar-refractivity contribution in [2.24, 2.45) is 17.3 Å². The first-order chi connectivity index (χ1) is 13.5. The van der Waals surface area contributed by atoms with E-state index in [-0.39, 0.29) is 5.41 Å². The van der Waals surface area contributed by atoms with Crippen LogP contribution in [0.3, 0.4) is 0 Å². The molecule has 0 radical (unpaired) electrons. The standard InChI is InChI=1S/C25H29NO2/c1-24-11-9-21-20-7-5-19(27)15-18(20)4-6-22(21)23(24)10-13-25(24,28)12-8-17-3-2-14-26-16-17/h2-3,5,7-8,12,14-16,21-23,27-28H,4,6,9-11,13H2,1H3/b12-8+/t21?,22?,23?,24?,25-/m0/s1. The second-order valence-corrected chi connectivity index (χ2v) is 9.34. The SMILES string of the molecule is CC12CCC3c4ccc(O)cc4CCC3C1CC[C@@]2(O)/C=C/c1cccnc1. The molecule has 1 heterocycles. The Morgan fingerprint density at radius 2 is 2.04 bits per heavy atom. The van der Waals surface area contributed by atoms with Gasteiger partial charge in [0.15, 0.2) is 0 Å². The van der Waals surface area contributed by atoms with Crippen molar-refractivity contribution in [2.45, 2.75) is 57.0 Å². The number of aromatic nitrogens is 1. The number of hydrogen-bond donors (Lipinski definition) is 2. The summed E-state index contributed by atoms with van der Waals surface area (Å²) >= 11 is 0. The minimum Gasteiger partial charge on any atom is -0.508 e. The monoisotopic (exact) mass is 375 g/mol. The van der Waals surface area contributed by atoms with Gasteiger partial charge in [0.05, 0.1) is 5.60 Å². The quantitative estimate of drug-likeness (QED) is 0.769. The Hall–Kier alpha value is -2.13. The maximum Gasteiger partial charge on any atom is 0.115 e. The fraction of sp³-hybridized carbons (Fsp3) is 0.480. The highest BCUT2D eigenvalue weighted by molar-refractivity contribution is 5.50. The summed E-state index contributed by atoms with van der Waals surface area (Å²) < 4.78 is 0. The van der Waals surface area contributed by atoms with E-state index >= 15 is 0 Å². The van der Waals surface area contributed by atoms with E-state index < -0.39 is 5.60 Å². The third-order valence-corrected chi connectivity index (χ3v) is 8.16. The highest BCUT2D eigenvalue weighted by Gasteiger charge is 2.60. The summed E-state index contributed by atoms with van der Waals surface area (Å²) in [4.78, 5) is 4.18. The summed E-state index contributed by atoms with van der Waals surface area (Å²) in [6.45, 7) is 2.32. The van der Waals surface area contributed by atoms with E-state index in [1.165, 1.54) is 17.5 Å². The third kappa shape index (κ3) is 2.63. The Morgan fingerprint density at radius 1 is 1.14 bits per heavy atom. The van der Waals surface area contributed by atoms with Gasteiger partial charge in [0.1, 0.15) is 5.75 Å². The second kappa shape index (κ2) is 6.45. The summed E-state index contributed by atoms with van der Waals surface area (Å²) in [5.41, 5.74) is 3.00. The molecule has 3 aliphatic carbocycles. The number of rotatable bonds is 2. The minimum absolute atomic E-state index is 0.0682. The first kappa shape index (κ1) is 17.9. The molecule has 2 N–H and O–H groups in total. The molecular weight excluding hydrogens is 346 g/mol. The molecule has 3 aliphatic rings. The van der Waals surface area contributed by atoms with Gasteiger partial charge in [-0.2, -0.15) is 0 Å². The molecule has 3 heteroatoms. The van der Waals surface area contributed by atoms with E-state index in [1.807, 2.05) is 36.5 Å². The van der Waals surface area contributed by atoms with Gasteiger partial charge in [-0.25, -0.2) is 0 Å². The molecule has 0 aliphatic heterocycles. The van der Waals surface area contributed by atoms with Crippen molar-refractivity contribution in [3.8, 4) is 5.75 Å². The van der Waals surface area contributed by atoms with Gasteiger partial charge in [-0.15, -0.1) is 0 Å². The van der Waals surface area contributed by atoms with Crippen LogP contribution in [0.2, 0.25) is 0 Å². The van der Waals surface area contributed by atoms with Crippen LogP contribution in [0.25, 0.3) is 6.08 Å². The van der Waals surface area contributed by atoms with Crippen molar-refractivity contribution in [3.63, 3.8) is 0 Å². The van der Waals surface area contributed by atoms with Crippen LogP contribution in [-0.2, 0) is 6.42 Å². The van der Waals surface area contributed by atoms with E-state index in [0.717, 1.165) is 37.7 Å². The molecular formula is C25H29NO2. The lowest BCUT2D eigenvalue weighted by Crippen LogP contribution is -2.49. The molecule has 0 bridgehead atoms. The highest BCUT2D eigenvalue weighted by Crippen LogP contribution is 2.64. The van der Waals surface area contributed by atoms with Gasteiger partial charge in [-0.3, -0.25) is 4.98 Å². The summed E-state index contributed by atoms with van der Waals surface area (Å²) in [6.07, 6.45) is 14.1. The van der Waals surface area contributed by atoms with Crippen molar-refractivity contribution in [3.05, 3.63) is 65.5 Å². The molecule has 5 atom stereocenters. The third-order valence-electron chi connectivity index (χ3n) is 8.16. The molecule has 1 aromatic carbocycles. The Labute approximate surface area is 167 Å². The van der Waals surface area contributed by atoms with Gasteiger partial charge in [-0.05, 0) is 91.2 Å². The van der Waals surface area contributed by atoms with Crippen molar-refractivity contribution < 1.29 is 10.2 Å². The first-order valence-corrected chi connectivity index (χ1v) is 10.6. The molecule has 28 heavy (non-hydrogen) atoms. The normalized spacial score (nSPS) is 36.7. The predicted molar refractivity (Wildman–Crippen MR) is 111 cm³/mol. The van der Waals surface area contributed by atoms with Crippen LogP contribution in [0.15, 0.2) is 48.8 Å². The Morgan fingerprint density at radius 3 is 2.86 bits per heavy atom. The molecule has 4 unspecified atom stereocenters. The summed E-state index contributed by atoms with van der Waals surface area (Å²) in [6, 6.07) is 9.92. The van der Waals surface area contributed by atoms with E-state index in [1.54, 1.807) is 6.20 Å². The average Bonchev–Trinajstić information content (AvgIpc) is 2.98. The molecule has 0 saturated heterocycles. The zero-order chi connectivity index (χ0) is 19.4. The van der Waals surface area contributed by atoms with Crippen molar-refractivity contribution in [1.82, 2.24) is 4.98 Å². The van der Waals surface area contributed by atoms with Crippen LogP contribution in [0.1, 0.15) is 61.6 Å². The first-order valence-electron chi connectivity index (χ1n) is 10.6. The van der Waals surface area contributed by atoms with E-state index in [9.17, 15) is 10.2 Å². The molecule has 0 spiro atoms. The minimum atomic E-state index is -0.742. The van der Waals surface area contributed by atoms with Crippen molar-refractivity contribution in [2.75, 3.05) is 0 Å². The van der Waals surface area contributed by atoms with E-state index in [0.29, 0.717) is 23.5 Å². The molecule has 146 valence electrons. The number of phenols is 1. The molecule has 3 nitrogen and oxygen atoms in total. The number of benzene rings is 1. The van der Waals surface area contributed by atoms with Crippen LogP contribution >= 0.6 is 0 Å². The van der Waals surface area contributed by atoms with Crippen molar-refractivity contribution in [1.29, 1.82) is 0 Å². The zero-order valence-electron chi connectivity index (χ0n) is 16.5. The lowest BCUT2D eigenvalue weighted by molar-refractivity contribution is -0.0705. The van der Waals surface area contributed by atoms with Gasteiger partial charge < -0.3 is 10.2 Å². The number of hydrogen-bond acceptors (Lipinski definition) is 3. The molecule has 2 saturated carbocycles. The predicted octanol–water partition coefficient (Wildman–Crippen LogP) is 5.09. The number of phenolic OH excluding ortho intramolecular Hbond substituents is 1. The van der Waals surface area contributed by atoms with Gasteiger partial charge in [0, 0.05) is 17.8 Å². The lowest BCUT2D eigenvalue weighted by atomic mass is 9.53. The summed E-state index contributed by atoms with van der Waals surface area (Å²) in [7, 11) is 0. The molecule has 2 aromatic rings. The Bertz CT molecular complexity index is 908. The number of nitrogens with zero attached hydrogens (tertiary/aromatic N) is 1. The smallest absolute Gasteiger partial charge is 0.115 e. The average molecular weight is 376 g/mol. The number of aliphatic hydroxyl groups is 1. The van der Waals surface area contributed by atoms with Crippen molar-refractivity contribution >= 4 is 6.08 Å². The van der Waals surface area contributed by atoms with Crippen LogP contribution in [0.4, 0.5) is 0 Å². The van der Waals surface area contributed by atoms with Crippen LogP contribution in [0, 0.1) is 17.3 Å². The van der Waals surface area contributed by atoms with Gasteiger partial charge in [0.25, 0.3) is 0 Å².